The number of benzene rings is 1. The standard InChI is InChI=1S/C24H24N4O3S3/c1-14(2)28-21(17-11-8-12-32-17)26-27-24(28)33-13-18(29)25-22-20(23(30)31-4)19(15(3)34-22)16-9-6-5-7-10-16/h5-12,14H,13H2,1-4H3,(H,25,29). The van der Waals surface area contributed by atoms with Crippen molar-refractivity contribution in [1.82, 2.24) is 14.8 Å². The fourth-order valence-electron chi connectivity index (χ4n) is 3.59. The van der Waals surface area contributed by atoms with Crippen molar-refractivity contribution in [3.63, 3.8) is 0 Å². The summed E-state index contributed by atoms with van der Waals surface area (Å²) in [6, 6.07) is 13.7. The first-order valence-electron chi connectivity index (χ1n) is 10.6. The van der Waals surface area contributed by atoms with E-state index in [9.17, 15) is 9.59 Å². The van der Waals surface area contributed by atoms with E-state index >= 15 is 0 Å². The Morgan fingerprint density at radius 3 is 2.56 bits per heavy atom. The Bertz CT molecular complexity index is 1290. The summed E-state index contributed by atoms with van der Waals surface area (Å²) in [5, 5.41) is 14.7. The lowest BCUT2D eigenvalue weighted by Gasteiger charge is -2.13. The molecule has 0 unspecified atom stereocenters. The first kappa shape index (κ1) is 24.2. The number of rotatable bonds is 8. The zero-order chi connectivity index (χ0) is 24.2. The molecule has 0 saturated carbocycles. The maximum absolute atomic E-state index is 12.9. The van der Waals surface area contributed by atoms with Crippen molar-refractivity contribution in [3.8, 4) is 21.8 Å². The topological polar surface area (TPSA) is 86.1 Å². The summed E-state index contributed by atoms with van der Waals surface area (Å²) >= 11 is 4.29. The van der Waals surface area contributed by atoms with Gasteiger partial charge in [0.1, 0.15) is 10.6 Å². The monoisotopic (exact) mass is 512 g/mol. The average Bonchev–Trinajstić information content (AvgIpc) is 3.56. The van der Waals surface area contributed by atoms with Crippen molar-refractivity contribution in [3.05, 3.63) is 58.3 Å². The van der Waals surface area contributed by atoms with E-state index in [1.807, 2.05) is 59.3 Å². The Hall–Kier alpha value is -2.95. The molecule has 0 aliphatic rings. The van der Waals surface area contributed by atoms with Crippen LogP contribution in [0.15, 0.2) is 53.0 Å². The number of nitrogens with zero attached hydrogens (tertiary/aromatic N) is 3. The van der Waals surface area contributed by atoms with E-state index in [2.05, 4.69) is 29.4 Å². The third-order valence-electron chi connectivity index (χ3n) is 5.04. The second-order valence-electron chi connectivity index (χ2n) is 7.68. The summed E-state index contributed by atoms with van der Waals surface area (Å²) in [5.74, 6) is 0.216. The molecule has 1 aromatic carbocycles. The molecule has 0 radical (unpaired) electrons. The van der Waals surface area contributed by atoms with Crippen molar-refractivity contribution in [2.45, 2.75) is 32.0 Å². The third-order valence-corrected chi connectivity index (χ3v) is 7.87. The van der Waals surface area contributed by atoms with Gasteiger partial charge in [-0.2, -0.15) is 0 Å². The number of thioether (sulfide) groups is 1. The number of thiophene rings is 2. The molecular formula is C24H24N4O3S3. The molecule has 0 fully saturated rings. The summed E-state index contributed by atoms with van der Waals surface area (Å²) in [6.07, 6.45) is 0. The molecule has 4 rings (SSSR count). The Balaban J connectivity index is 1.55. The van der Waals surface area contributed by atoms with Crippen molar-refractivity contribution in [2.75, 3.05) is 18.2 Å². The van der Waals surface area contributed by atoms with Gasteiger partial charge in [0.25, 0.3) is 0 Å². The first-order valence-corrected chi connectivity index (χ1v) is 13.3. The summed E-state index contributed by atoms with van der Waals surface area (Å²) in [6.45, 7) is 6.06. The second kappa shape index (κ2) is 10.5. The van der Waals surface area contributed by atoms with E-state index in [0.29, 0.717) is 15.7 Å². The van der Waals surface area contributed by atoms with Crippen LogP contribution in [0.1, 0.15) is 35.1 Å². The van der Waals surface area contributed by atoms with E-state index in [0.717, 1.165) is 26.7 Å². The fraction of sp³-hybridized carbons (Fsp3) is 0.250. The molecule has 0 saturated heterocycles. The highest BCUT2D eigenvalue weighted by molar-refractivity contribution is 7.99. The van der Waals surface area contributed by atoms with E-state index in [-0.39, 0.29) is 17.7 Å². The van der Waals surface area contributed by atoms with Crippen LogP contribution in [0.4, 0.5) is 5.00 Å². The van der Waals surface area contributed by atoms with Crippen LogP contribution in [0.5, 0.6) is 0 Å². The van der Waals surface area contributed by atoms with E-state index < -0.39 is 5.97 Å². The van der Waals surface area contributed by atoms with Gasteiger partial charge in [-0.3, -0.25) is 9.36 Å². The van der Waals surface area contributed by atoms with Gasteiger partial charge in [0.15, 0.2) is 11.0 Å². The molecule has 4 aromatic rings. The van der Waals surface area contributed by atoms with Crippen LogP contribution in [-0.4, -0.2) is 39.5 Å². The number of esters is 1. The number of aryl methyl sites for hydroxylation is 1. The minimum atomic E-state index is -0.480. The fourth-order valence-corrected chi connectivity index (χ4v) is 6.24. The third kappa shape index (κ3) is 4.94. The van der Waals surface area contributed by atoms with Gasteiger partial charge >= 0.3 is 5.97 Å². The number of carbonyl (C=O) groups excluding carboxylic acids is 2. The predicted octanol–water partition coefficient (Wildman–Crippen LogP) is 6.14. The van der Waals surface area contributed by atoms with E-state index in [1.165, 1.54) is 30.2 Å². The summed E-state index contributed by atoms with van der Waals surface area (Å²) in [4.78, 5) is 27.5. The molecule has 0 aliphatic heterocycles. The van der Waals surface area contributed by atoms with Crippen LogP contribution >= 0.6 is 34.4 Å². The zero-order valence-electron chi connectivity index (χ0n) is 19.2. The van der Waals surface area contributed by atoms with Gasteiger partial charge in [-0.25, -0.2) is 4.79 Å². The van der Waals surface area contributed by atoms with Crippen LogP contribution < -0.4 is 5.32 Å². The molecule has 3 aromatic heterocycles. The Morgan fingerprint density at radius 2 is 1.91 bits per heavy atom. The number of anilines is 1. The van der Waals surface area contributed by atoms with Gasteiger partial charge in [0, 0.05) is 16.5 Å². The second-order valence-corrected chi connectivity index (χ2v) is 10.8. The van der Waals surface area contributed by atoms with Crippen molar-refractivity contribution in [2.24, 2.45) is 0 Å². The molecule has 10 heteroatoms. The quantitative estimate of drug-likeness (QED) is 0.225. The largest absolute Gasteiger partial charge is 0.465 e. The number of nitrogens with one attached hydrogen (secondary N) is 1. The molecule has 0 aliphatic carbocycles. The van der Waals surface area contributed by atoms with Gasteiger partial charge in [0.05, 0.1) is 17.7 Å². The molecule has 34 heavy (non-hydrogen) atoms. The summed E-state index contributed by atoms with van der Waals surface area (Å²) in [7, 11) is 1.34. The number of ether oxygens (including phenoxy) is 1. The van der Waals surface area contributed by atoms with Crippen LogP contribution in [0.2, 0.25) is 0 Å². The molecule has 3 heterocycles. The highest BCUT2D eigenvalue weighted by Gasteiger charge is 2.25. The lowest BCUT2D eigenvalue weighted by atomic mass is 10.0. The summed E-state index contributed by atoms with van der Waals surface area (Å²) < 4.78 is 7.07. The number of hydrogen-bond donors (Lipinski definition) is 1. The van der Waals surface area contributed by atoms with Gasteiger partial charge in [-0.05, 0) is 37.8 Å². The number of hydrogen-bond acceptors (Lipinski definition) is 8. The minimum Gasteiger partial charge on any atom is -0.465 e. The first-order chi connectivity index (χ1) is 16.4. The maximum Gasteiger partial charge on any atom is 0.341 e. The highest BCUT2D eigenvalue weighted by Crippen LogP contribution is 2.40. The van der Waals surface area contributed by atoms with E-state index in [4.69, 9.17) is 4.74 Å². The molecule has 0 spiro atoms. The molecule has 1 amide bonds. The van der Waals surface area contributed by atoms with Crippen LogP contribution in [0, 0.1) is 6.92 Å². The normalized spacial score (nSPS) is 11.1. The van der Waals surface area contributed by atoms with Crippen LogP contribution in [0.25, 0.3) is 21.8 Å². The molecule has 7 nitrogen and oxygen atoms in total. The predicted molar refractivity (Wildman–Crippen MR) is 139 cm³/mol. The number of amides is 1. The summed E-state index contributed by atoms with van der Waals surface area (Å²) in [5.41, 5.74) is 2.05. The maximum atomic E-state index is 12.9. The van der Waals surface area contributed by atoms with Gasteiger partial charge in [-0.15, -0.1) is 32.9 Å². The SMILES string of the molecule is COC(=O)c1c(NC(=O)CSc2nnc(-c3cccs3)n2C(C)C)sc(C)c1-c1ccccc1. The number of methoxy groups -OCH3 is 1. The van der Waals surface area contributed by atoms with Gasteiger partial charge < -0.3 is 10.1 Å². The molecular weight excluding hydrogens is 488 g/mol. The Kier molecular flexibility index (Phi) is 7.50. The highest BCUT2D eigenvalue weighted by atomic mass is 32.2. The lowest BCUT2D eigenvalue weighted by molar-refractivity contribution is -0.113. The number of aromatic nitrogens is 3. The van der Waals surface area contributed by atoms with Crippen molar-refractivity contribution >= 4 is 51.3 Å². The van der Waals surface area contributed by atoms with Gasteiger partial charge in [0.2, 0.25) is 5.91 Å². The van der Waals surface area contributed by atoms with Crippen molar-refractivity contribution < 1.29 is 14.3 Å². The Morgan fingerprint density at radius 1 is 1.15 bits per heavy atom. The molecule has 0 bridgehead atoms. The molecule has 176 valence electrons. The van der Waals surface area contributed by atoms with Crippen molar-refractivity contribution in [1.29, 1.82) is 0 Å². The van der Waals surface area contributed by atoms with E-state index in [1.54, 1.807) is 11.3 Å². The van der Waals surface area contributed by atoms with Crippen LogP contribution in [-0.2, 0) is 9.53 Å². The lowest BCUT2D eigenvalue weighted by Crippen LogP contribution is -2.16. The van der Waals surface area contributed by atoms with Gasteiger partial charge in [-0.1, -0.05) is 48.2 Å². The van der Waals surface area contributed by atoms with Crippen LogP contribution in [0.3, 0.4) is 0 Å². The zero-order valence-corrected chi connectivity index (χ0v) is 21.6. The minimum absolute atomic E-state index is 0.132. The number of carbonyl (C=O) groups is 2. The Labute approximate surface area is 210 Å². The molecule has 1 N–H and O–H groups in total. The average molecular weight is 513 g/mol. The smallest absolute Gasteiger partial charge is 0.341 e. The molecule has 0 atom stereocenters.